The fourth-order valence-electron chi connectivity index (χ4n) is 1.48. The third kappa shape index (κ3) is 1.57. The molecule has 2 rings (SSSR count). The number of rotatable bonds is 3. The van der Waals surface area contributed by atoms with Crippen molar-refractivity contribution in [1.29, 1.82) is 0 Å². The summed E-state index contributed by atoms with van der Waals surface area (Å²) in [5.74, 6) is 0. The first-order valence-electron chi connectivity index (χ1n) is 4.38. The van der Waals surface area contributed by atoms with E-state index in [9.17, 15) is 4.79 Å². The van der Waals surface area contributed by atoms with Crippen molar-refractivity contribution in [3.8, 4) is 0 Å². The van der Waals surface area contributed by atoms with E-state index in [1.165, 1.54) is 0 Å². The fourth-order valence-corrected chi connectivity index (χ4v) is 1.89. The topological polar surface area (TPSA) is 45.8 Å². The van der Waals surface area contributed by atoms with Crippen LogP contribution in [0.15, 0.2) is 22.8 Å². The molecular formula is C10H9BrN2O. The number of aldehydes is 1. The lowest BCUT2D eigenvalue weighted by atomic mass is 10.1. The van der Waals surface area contributed by atoms with Gasteiger partial charge in [-0.1, -0.05) is 18.2 Å². The number of carbonyl (C=O) groups excluding carboxylic acids is 1. The van der Waals surface area contributed by atoms with Gasteiger partial charge in [0.15, 0.2) is 0 Å². The van der Waals surface area contributed by atoms with Crippen LogP contribution in [-0.2, 0) is 11.2 Å². The lowest BCUT2D eigenvalue weighted by Gasteiger charge is -1.97. The molecule has 0 aliphatic heterocycles. The molecule has 72 valence electrons. The van der Waals surface area contributed by atoms with Crippen LogP contribution in [0.1, 0.15) is 12.0 Å². The monoisotopic (exact) mass is 252 g/mol. The summed E-state index contributed by atoms with van der Waals surface area (Å²) in [6.07, 6.45) is 2.22. The Bertz CT molecular complexity index is 464. The van der Waals surface area contributed by atoms with Gasteiger partial charge in [-0.2, -0.15) is 5.10 Å². The molecule has 0 fully saturated rings. The second-order valence-corrected chi connectivity index (χ2v) is 3.85. The highest BCUT2D eigenvalue weighted by Gasteiger charge is 2.06. The molecule has 1 aromatic heterocycles. The Balaban J connectivity index is 2.48. The zero-order valence-electron chi connectivity index (χ0n) is 7.46. The van der Waals surface area contributed by atoms with Gasteiger partial charge in [-0.25, -0.2) is 0 Å². The second kappa shape index (κ2) is 3.92. The molecule has 3 nitrogen and oxygen atoms in total. The number of nitrogens with zero attached hydrogens (tertiary/aromatic N) is 1. The number of hydrogen-bond acceptors (Lipinski definition) is 2. The van der Waals surface area contributed by atoms with Crippen molar-refractivity contribution in [3.63, 3.8) is 0 Å². The van der Waals surface area contributed by atoms with Gasteiger partial charge in [0.1, 0.15) is 10.9 Å². The number of H-pyrrole nitrogens is 1. The number of para-hydroxylation sites is 1. The molecule has 2 aromatic rings. The molecule has 0 unspecified atom stereocenters. The van der Waals surface area contributed by atoms with E-state index in [4.69, 9.17) is 0 Å². The van der Waals surface area contributed by atoms with Crippen molar-refractivity contribution in [3.05, 3.63) is 28.4 Å². The van der Waals surface area contributed by atoms with Crippen molar-refractivity contribution in [1.82, 2.24) is 10.2 Å². The van der Waals surface area contributed by atoms with Crippen LogP contribution in [0.5, 0.6) is 0 Å². The van der Waals surface area contributed by atoms with Gasteiger partial charge in [-0.15, -0.1) is 0 Å². The predicted molar refractivity (Wildman–Crippen MR) is 58.2 cm³/mol. The molecule has 0 saturated heterocycles. The number of fused-ring (bicyclic) bond motifs is 1. The zero-order valence-corrected chi connectivity index (χ0v) is 9.04. The molecule has 0 aliphatic rings. The highest BCUT2D eigenvalue weighted by Crippen LogP contribution is 2.23. The van der Waals surface area contributed by atoms with Crippen LogP contribution >= 0.6 is 15.9 Å². The summed E-state index contributed by atoms with van der Waals surface area (Å²) in [6, 6.07) is 5.97. The SMILES string of the molecule is O=CCCc1cccc2c(Br)[nH]nc12. The van der Waals surface area contributed by atoms with E-state index in [2.05, 4.69) is 26.1 Å². The standard InChI is InChI=1S/C10H9BrN2O/c11-10-8-5-1-3-7(4-2-6-14)9(8)12-13-10/h1,3,5-6H,2,4H2,(H,12,13). The Labute approximate surface area is 89.6 Å². The molecule has 14 heavy (non-hydrogen) atoms. The van der Waals surface area contributed by atoms with E-state index in [1.807, 2.05) is 18.2 Å². The van der Waals surface area contributed by atoms with Gasteiger partial charge in [0, 0.05) is 11.8 Å². The molecule has 0 bridgehead atoms. The third-order valence-corrected chi connectivity index (χ3v) is 2.76. The number of aromatic nitrogens is 2. The molecule has 0 amide bonds. The van der Waals surface area contributed by atoms with Crippen molar-refractivity contribution in [2.75, 3.05) is 0 Å². The number of aryl methyl sites for hydroxylation is 1. The van der Waals surface area contributed by atoms with Crippen LogP contribution in [0.25, 0.3) is 10.9 Å². The number of carbonyl (C=O) groups is 1. The lowest BCUT2D eigenvalue weighted by molar-refractivity contribution is -0.107. The molecule has 0 atom stereocenters. The molecule has 0 aliphatic carbocycles. The highest BCUT2D eigenvalue weighted by molar-refractivity contribution is 9.10. The Morgan fingerprint density at radius 2 is 2.36 bits per heavy atom. The largest absolute Gasteiger partial charge is 0.303 e. The molecule has 0 radical (unpaired) electrons. The van der Waals surface area contributed by atoms with Crippen molar-refractivity contribution in [2.24, 2.45) is 0 Å². The Morgan fingerprint density at radius 1 is 1.50 bits per heavy atom. The van der Waals surface area contributed by atoms with E-state index >= 15 is 0 Å². The normalized spacial score (nSPS) is 10.6. The highest BCUT2D eigenvalue weighted by atomic mass is 79.9. The summed E-state index contributed by atoms with van der Waals surface area (Å²) in [4.78, 5) is 10.3. The molecular weight excluding hydrogens is 244 g/mol. The minimum atomic E-state index is 0.545. The van der Waals surface area contributed by atoms with Crippen LogP contribution in [-0.4, -0.2) is 16.5 Å². The first kappa shape index (κ1) is 9.40. The van der Waals surface area contributed by atoms with Gasteiger partial charge in [0.05, 0.1) is 5.52 Å². The Hall–Kier alpha value is -1.16. The van der Waals surface area contributed by atoms with E-state index in [0.29, 0.717) is 6.42 Å². The fraction of sp³-hybridized carbons (Fsp3) is 0.200. The van der Waals surface area contributed by atoms with E-state index in [0.717, 1.165) is 33.8 Å². The molecule has 0 saturated carbocycles. The number of halogens is 1. The summed E-state index contributed by atoms with van der Waals surface area (Å²) in [5, 5.41) is 8.12. The minimum Gasteiger partial charge on any atom is -0.303 e. The first-order valence-corrected chi connectivity index (χ1v) is 5.17. The molecule has 1 N–H and O–H groups in total. The summed E-state index contributed by atoms with van der Waals surface area (Å²) in [5.41, 5.74) is 2.05. The van der Waals surface area contributed by atoms with Crippen LogP contribution in [0.3, 0.4) is 0 Å². The van der Waals surface area contributed by atoms with Crippen LogP contribution in [0.2, 0.25) is 0 Å². The van der Waals surface area contributed by atoms with Crippen molar-refractivity contribution in [2.45, 2.75) is 12.8 Å². The average Bonchev–Trinajstić information content (AvgIpc) is 2.58. The molecule has 1 heterocycles. The maximum atomic E-state index is 10.3. The van der Waals surface area contributed by atoms with Gasteiger partial charge in [-0.3, -0.25) is 5.10 Å². The van der Waals surface area contributed by atoms with Gasteiger partial charge in [0.25, 0.3) is 0 Å². The maximum absolute atomic E-state index is 10.3. The second-order valence-electron chi connectivity index (χ2n) is 3.06. The first-order chi connectivity index (χ1) is 6.83. The van der Waals surface area contributed by atoms with Crippen molar-refractivity contribution >= 4 is 33.1 Å². The zero-order chi connectivity index (χ0) is 9.97. The molecule has 4 heteroatoms. The minimum absolute atomic E-state index is 0.545. The number of benzene rings is 1. The lowest BCUT2D eigenvalue weighted by Crippen LogP contribution is -1.87. The molecule has 0 spiro atoms. The number of aromatic amines is 1. The predicted octanol–water partition coefficient (Wildman–Crippen LogP) is 2.46. The summed E-state index contributed by atoms with van der Waals surface area (Å²) >= 11 is 3.38. The van der Waals surface area contributed by atoms with Crippen LogP contribution < -0.4 is 0 Å². The number of nitrogens with one attached hydrogen (secondary N) is 1. The molecule has 1 aromatic carbocycles. The average molecular weight is 253 g/mol. The Kier molecular flexibility index (Phi) is 2.63. The van der Waals surface area contributed by atoms with E-state index in [-0.39, 0.29) is 0 Å². The summed E-state index contributed by atoms with van der Waals surface area (Å²) < 4.78 is 0.889. The van der Waals surface area contributed by atoms with Crippen molar-refractivity contribution < 1.29 is 4.79 Å². The van der Waals surface area contributed by atoms with Gasteiger partial charge >= 0.3 is 0 Å². The van der Waals surface area contributed by atoms with Gasteiger partial charge in [-0.05, 0) is 27.9 Å². The Morgan fingerprint density at radius 3 is 3.14 bits per heavy atom. The van der Waals surface area contributed by atoms with Gasteiger partial charge in [0.2, 0.25) is 0 Å². The third-order valence-electron chi connectivity index (χ3n) is 2.15. The van der Waals surface area contributed by atoms with Crippen LogP contribution in [0, 0.1) is 0 Å². The smallest absolute Gasteiger partial charge is 0.120 e. The maximum Gasteiger partial charge on any atom is 0.120 e. The quantitative estimate of drug-likeness (QED) is 0.854. The van der Waals surface area contributed by atoms with E-state index < -0.39 is 0 Å². The number of hydrogen-bond donors (Lipinski definition) is 1. The summed E-state index contributed by atoms with van der Waals surface area (Å²) in [6.45, 7) is 0. The van der Waals surface area contributed by atoms with Gasteiger partial charge < -0.3 is 4.79 Å². The van der Waals surface area contributed by atoms with E-state index in [1.54, 1.807) is 0 Å². The summed E-state index contributed by atoms with van der Waals surface area (Å²) in [7, 11) is 0. The van der Waals surface area contributed by atoms with Crippen LogP contribution in [0.4, 0.5) is 0 Å².